The van der Waals surface area contributed by atoms with E-state index in [0.29, 0.717) is 32.3 Å². The van der Waals surface area contributed by atoms with Gasteiger partial charge in [-0.1, -0.05) is 30.4 Å². The van der Waals surface area contributed by atoms with Crippen molar-refractivity contribution >= 4 is 5.69 Å². The minimum Gasteiger partial charge on any atom is -0.497 e. The summed E-state index contributed by atoms with van der Waals surface area (Å²) in [5.74, 6) is 3.41. The summed E-state index contributed by atoms with van der Waals surface area (Å²) in [6, 6.07) is 8.76. The van der Waals surface area contributed by atoms with Crippen LogP contribution in [-0.2, 0) is 14.2 Å². The molecule has 3 aliphatic carbocycles. The molecule has 1 heterocycles. The van der Waals surface area contributed by atoms with Crippen LogP contribution in [0.5, 0.6) is 5.75 Å². The van der Waals surface area contributed by atoms with Gasteiger partial charge in [0, 0.05) is 44.3 Å². The van der Waals surface area contributed by atoms with Gasteiger partial charge in [-0.05, 0) is 85.7 Å². The van der Waals surface area contributed by atoms with E-state index in [4.69, 9.17) is 18.9 Å². The van der Waals surface area contributed by atoms with Crippen LogP contribution in [0.25, 0.3) is 0 Å². The SMILES string of the molecule is COC1=CCCC=C1CCOCCCOc1ccc(N2CCNC[C@@H]2COC2=CCCC3C=CC=CC3=C2)cc1. The van der Waals surface area contributed by atoms with Gasteiger partial charge in [-0.3, -0.25) is 0 Å². The number of piperazine rings is 1. The molecule has 40 heavy (non-hydrogen) atoms. The average molecular weight is 545 g/mol. The van der Waals surface area contributed by atoms with Crippen LogP contribution in [0.15, 0.2) is 95.5 Å². The van der Waals surface area contributed by atoms with Crippen LogP contribution in [0.3, 0.4) is 0 Å². The van der Waals surface area contributed by atoms with Gasteiger partial charge in [-0.25, -0.2) is 0 Å². The molecule has 1 N–H and O–H groups in total. The lowest BCUT2D eigenvalue weighted by atomic mass is 9.91. The fraction of sp³-hybridized carbons (Fsp3) is 0.471. The summed E-state index contributed by atoms with van der Waals surface area (Å²) < 4.78 is 23.6. The molecule has 1 fully saturated rings. The molecule has 1 saturated heterocycles. The molecule has 0 spiro atoms. The van der Waals surface area contributed by atoms with E-state index in [-0.39, 0.29) is 6.04 Å². The number of fused-ring (bicyclic) bond motifs is 1. The first kappa shape index (κ1) is 28.3. The fourth-order valence-corrected chi connectivity index (χ4v) is 5.70. The Kier molecular flexibility index (Phi) is 10.6. The van der Waals surface area contributed by atoms with Crippen LogP contribution < -0.4 is 15.0 Å². The lowest BCUT2D eigenvalue weighted by Crippen LogP contribution is -2.53. The molecule has 4 aliphatic rings. The van der Waals surface area contributed by atoms with Gasteiger partial charge in [0.1, 0.15) is 23.9 Å². The second-order valence-electron chi connectivity index (χ2n) is 10.7. The third-order valence-corrected chi connectivity index (χ3v) is 7.91. The van der Waals surface area contributed by atoms with E-state index in [1.807, 2.05) is 0 Å². The van der Waals surface area contributed by atoms with Gasteiger partial charge in [-0.15, -0.1) is 0 Å². The van der Waals surface area contributed by atoms with Crippen LogP contribution in [0.2, 0.25) is 0 Å². The zero-order valence-electron chi connectivity index (χ0n) is 23.9. The van der Waals surface area contributed by atoms with Gasteiger partial charge in [-0.2, -0.15) is 0 Å². The highest BCUT2D eigenvalue weighted by molar-refractivity contribution is 5.50. The average Bonchev–Trinajstić information content (AvgIpc) is 3.22. The number of ether oxygens (including phenoxy) is 4. The second-order valence-corrected chi connectivity index (χ2v) is 10.7. The van der Waals surface area contributed by atoms with Crippen molar-refractivity contribution in [1.29, 1.82) is 0 Å². The Balaban J connectivity index is 1.03. The number of rotatable bonds is 13. The van der Waals surface area contributed by atoms with Crippen molar-refractivity contribution in [3.8, 4) is 5.75 Å². The van der Waals surface area contributed by atoms with Crippen molar-refractivity contribution in [2.24, 2.45) is 5.92 Å². The van der Waals surface area contributed by atoms with E-state index in [1.165, 1.54) is 16.8 Å². The number of anilines is 1. The Bertz CT molecular complexity index is 1140. The minimum atomic E-state index is 0.276. The predicted molar refractivity (Wildman–Crippen MR) is 162 cm³/mol. The summed E-state index contributed by atoms with van der Waals surface area (Å²) in [5, 5.41) is 3.54. The Morgan fingerprint density at radius 2 is 1.85 bits per heavy atom. The summed E-state index contributed by atoms with van der Waals surface area (Å²) >= 11 is 0. The van der Waals surface area contributed by atoms with Crippen LogP contribution in [0.1, 0.15) is 38.5 Å². The minimum absolute atomic E-state index is 0.276. The van der Waals surface area contributed by atoms with Crippen molar-refractivity contribution in [3.63, 3.8) is 0 Å². The summed E-state index contributed by atoms with van der Waals surface area (Å²) in [6.45, 7) is 5.55. The number of methoxy groups -OCH3 is 1. The summed E-state index contributed by atoms with van der Waals surface area (Å²) in [4.78, 5) is 2.45. The first-order valence-corrected chi connectivity index (χ1v) is 14.9. The topological polar surface area (TPSA) is 52.2 Å². The first-order chi connectivity index (χ1) is 19.8. The number of benzene rings is 1. The number of nitrogens with zero attached hydrogens (tertiary/aromatic N) is 1. The zero-order valence-corrected chi connectivity index (χ0v) is 23.9. The van der Waals surface area contributed by atoms with Crippen molar-refractivity contribution in [2.75, 3.05) is 58.1 Å². The molecule has 0 radical (unpaired) electrons. The summed E-state index contributed by atoms with van der Waals surface area (Å²) in [6.07, 6.45) is 23.8. The van der Waals surface area contributed by atoms with E-state index >= 15 is 0 Å². The van der Waals surface area contributed by atoms with Crippen molar-refractivity contribution < 1.29 is 18.9 Å². The van der Waals surface area contributed by atoms with E-state index in [9.17, 15) is 0 Å². The molecule has 5 rings (SSSR count). The predicted octanol–water partition coefficient (Wildman–Crippen LogP) is 6.25. The van der Waals surface area contributed by atoms with Crippen LogP contribution in [0, 0.1) is 5.92 Å². The lowest BCUT2D eigenvalue weighted by molar-refractivity contribution is 0.121. The van der Waals surface area contributed by atoms with Gasteiger partial charge in [0.05, 0.1) is 26.4 Å². The highest BCUT2D eigenvalue weighted by atomic mass is 16.5. The van der Waals surface area contributed by atoms with E-state index in [1.54, 1.807) is 7.11 Å². The monoisotopic (exact) mass is 544 g/mol. The van der Waals surface area contributed by atoms with E-state index in [0.717, 1.165) is 75.4 Å². The Morgan fingerprint density at radius 1 is 0.950 bits per heavy atom. The van der Waals surface area contributed by atoms with Crippen molar-refractivity contribution in [1.82, 2.24) is 5.32 Å². The maximum atomic E-state index is 6.36. The van der Waals surface area contributed by atoms with Crippen LogP contribution in [-0.4, -0.2) is 59.2 Å². The maximum Gasteiger partial charge on any atom is 0.119 e. The Morgan fingerprint density at radius 3 is 2.75 bits per heavy atom. The zero-order chi connectivity index (χ0) is 27.4. The molecule has 1 aliphatic heterocycles. The molecule has 0 saturated carbocycles. The first-order valence-electron chi connectivity index (χ1n) is 14.9. The lowest BCUT2D eigenvalue weighted by Gasteiger charge is -2.38. The number of hydrogen-bond acceptors (Lipinski definition) is 6. The van der Waals surface area contributed by atoms with E-state index in [2.05, 4.69) is 83.1 Å². The molecule has 2 atom stereocenters. The van der Waals surface area contributed by atoms with Gasteiger partial charge < -0.3 is 29.2 Å². The molecule has 1 aromatic carbocycles. The van der Waals surface area contributed by atoms with Crippen LogP contribution >= 0.6 is 0 Å². The largest absolute Gasteiger partial charge is 0.497 e. The summed E-state index contributed by atoms with van der Waals surface area (Å²) in [5.41, 5.74) is 3.82. The van der Waals surface area contributed by atoms with Gasteiger partial charge in [0.25, 0.3) is 0 Å². The third-order valence-electron chi connectivity index (χ3n) is 7.91. The molecule has 214 valence electrons. The van der Waals surface area contributed by atoms with Gasteiger partial charge >= 0.3 is 0 Å². The van der Waals surface area contributed by atoms with Crippen molar-refractivity contribution in [3.05, 3.63) is 95.5 Å². The highest BCUT2D eigenvalue weighted by Crippen LogP contribution is 2.29. The molecule has 6 heteroatoms. The van der Waals surface area contributed by atoms with E-state index < -0.39 is 0 Å². The number of nitrogens with one attached hydrogen (secondary N) is 1. The molecular formula is C34H44N2O4. The normalized spacial score (nSPS) is 22.4. The van der Waals surface area contributed by atoms with Gasteiger partial charge in [0.15, 0.2) is 0 Å². The fourth-order valence-electron chi connectivity index (χ4n) is 5.70. The molecule has 0 aromatic heterocycles. The molecule has 0 bridgehead atoms. The smallest absolute Gasteiger partial charge is 0.119 e. The third kappa shape index (κ3) is 7.92. The second kappa shape index (κ2) is 15.0. The number of hydrogen-bond donors (Lipinski definition) is 1. The standard InChI is InChI=1S/C34H44N2O4/c1-37-34-13-5-4-9-28(34)18-23-38-21-7-22-39-32-16-14-30(15-17-32)36-20-19-35-25-31(36)26-40-33-12-6-11-27-8-2-3-10-29(27)24-33/h2-3,8-10,12-17,24,27,31,35H,4-7,11,18-23,25-26H2,1H3/t27?,31-/m1/s1. The van der Waals surface area contributed by atoms with Crippen LogP contribution in [0.4, 0.5) is 5.69 Å². The van der Waals surface area contributed by atoms with Crippen molar-refractivity contribution in [2.45, 2.75) is 44.6 Å². The highest BCUT2D eigenvalue weighted by Gasteiger charge is 2.24. The quantitative estimate of drug-likeness (QED) is 0.296. The number of allylic oxidation sites excluding steroid dienone is 10. The molecule has 1 aromatic rings. The Hall–Kier alpha value is -3.22. The van der Waals surface area contributed by atoms with Gasteiger partial charge in [0.2, 0.25) is 0 Å². The maximum absolute atomic E-state index is 6.36. The Labute approximate surface area is 239 Å². The molecular weight excluding hydrogens is 500 g/mol. The molecule has 0 amide bonds. The molecule has 6 nitrogen and oxygen atoms in total. The molecule has 1 unspecified atom stereocenters. The summed E-state index contributed by atoms with van der Waals surface area (Å²) in [7, 11) is 1.74.